The Kier molecular flexibility index (Phi) is 11.1. The standard InChI is InChI=1S/C12H29ClNO5Si/c1-15-10-8-14(13,9-11-16-2)7-6-12-20(17-3,18-4)19-5/h6-12H2,1-5H3/q+1. The summed E-state index contributed by atoms with van der Waals surface area (Å²) in [5.74, 6) is 0. The minimum Gasteiger partial charge on any atom is -0.379 e. The number of hydrogen-bond acceptors (Lipinski definition) is 5. The van der Waals surface area contributed by atoms with E-state index < -0.39 is 8.80 Å². The van der Waals surface area contributed by atoms with Gasteiger partial charge in [0, 0.05) is 48.0 Å². The van der Waals surface area contributed by atoms with E-state index in [1.165, 1.54) is 0 Å². The summed E-state index contributed by atoms with van der Waals surface area (Å²) >= 11 is 6.63. The van der Waals surface area contributed by atoms with Gasteiger partial charge in [0.15, 0.2) is 11.8 Å². The number of methoxy groups -OCH3 is 2. The van der Waals surface area contributed by atoms with Gasteiger partial charge in [-0.1, -0.05) is 0 Å². The molecule has 0 unspecified atom stereocenters. The van der Waals surface area contributed by atoms with E-state index in [1.54, 1.807) is 35.5 Å². The molecule has 0 N–H and O–H groups in total. The molecule has 0 radical (unpaired) electrons. The Bertz CT molecular complexity index is 228. The van der Waals surface area contributed by atoms with Gasteiger partial charge in [0.2, 0.25) is 0 Å². The highest BCUT2D eigenvalue weighted by molar-refractivity contribution is 6.60. The van der Waals surface area contributed by atoms with Crippen LogP contribution < -0.4 is 0 Å². The van der Waals surface area contributed by atoms with E-state index in [-0.39, 0.29) is 0 Å². The summed E-state index contributed by atoms with van der Waals surface area (Å²) in [6.07, 6.45) is 0.860. The molecule has 0 aromatic heterocycles. The molecule has 0 spiro atoms. The second kappa shape index (κ2) is 10.9. The number of halogens is 1. The van der Waals surface area contributed by atoms with Crippen molar-refractivity contribution in [2.24, 2.45) is 0 Å². The lowest BCUT2D eigenvalue weighted by Gasteiger charge is -2.30. The summed E-state index contributed by atoms with van der Waals surface area (Å²) in [5, 5.41) is 0. The minimum absolute atomic E-state index is 0.392. The summed E-state index contributed by atoms with van der Waals surface area (Å²) in [6, 6.07) is 0.739. The predicted molar refractivity (Wildman–Crippen MR) is 80.7 cm³/mol. The van der Waals surface area contributed by atoms with E-state index in [9.17, 15) is 0 Å². The summed E-state index contributed by atoms with van der Waals surface area (Å²) in [4.78, 5) is 0. The van der Waals surface area contributed by atoms with Gasteiger partial charge in [-0.3, -0.25) is 0 Å². The summed E-state index contributed by atoms with van der Waals surface area (Å²) in [7, 11) is 5.71. The molecule has 0 rings (SSSR count). The zero-order valence-electron chi connectivity index (χ0n) is 13.3. The van der Waals surface area contributed by atoms with Crippen molar-refractivity contribution in [2.75, 3.05) is 68.4 Å². The zero-order chi connectivity index (χ0) is 15.5. The number of ether oxygens (including phenoxy) is 2. The van der Waals surface area contributed by atoms with Crippen molar-refractivity contribution in [3.8, 4) is 0 Å². The summed E-state index contributed by atoms with van der Waals surface area (Å²) in [5.41, 5.74) is 0. The fraction of sp³-hybridized carbons (Fsp3) is 1.00. The molecule has 0 amide bonds. The molecule has 0 aromatic rings. The zero-order valence-corrected chi connectivity index (χ0v) is 15.1. The molecular formula is C12H29ClNO5Si+. The first-order valence-corrected chi connectivity index (χ1v) is 8.97. The van der Waals surface area contributed by atoms with Crippen molar-refractivity contribution < 1.29 is 26.8 Å². The maximum Gasteiger partial charge on any atom is 0.500 e. The van der Waals surface area contributed by atoms with E-state index >= 15 is 0 Å². The average molecular weight is 331 g/mol. The molecule has 20 heavy (non-hydrogen) atoms. The van der Waals surface area contributed by atoms with Gasteiger partial charge in [-0.25, -0.2) is 4.00 Å². The van der Waals surface area contributed by atoms with Crippen LogP contribution in [0.5, 0.6) is 0 Å². The molecule has 0 atom stereocenters. The lowest BCUT2D eigenvalue weighted by Crippen LogP contribution is -2.47. The number of rotatable bonds is 13. The Morgan fingerprint density at radius 1 is 0.800 bits per heavy atom. The molecule has 0 aliphatic carbocycles. The third-order valence-electron chi connectivity index (χ3n) is 3.37. The molecule has 0 fully saturated rings. The highest BCUT2D eigenvalue weighted by atomic mass is 35.5. The third-order valence-corrected chi connectivity index (χ3v) is 6.71. The molecular weight excluding hydrogens is 302 g/mol. The molecule has 0 heterocycles. The van der Waals surface area contributed by atoms with Crippen molar-refractivity contribution in [2.45, 2.75) is 12.5 Å². The second-order valence-corrected chi connectivity index (χ2v) is 8.39. The van der Waals surface area contributed by atoms with Crippen LogP contribution in [0.4, 0.5) is 0 Å². The Hall–Kier alpha value is 0.267. The van der Waals surface area contributed by atoms with Gasteiger partial charge in [-0.15, -0.1) is 0 Å². The van der Waals surface area contributed by atoms with Crippen LogP contribution in [-0.4, -0.2) is 81.2 Å². The highest BCUT2D eigenvalue weighted by Gasteiger charge is 2.38. The number of hydrogen-bond donors (Lipinski definition) is 0. The lowest BCUT2D eigenvalue weighted by molar-refractivity contribution is -0.816. The number of nitrogens with zero attached hydrogens (tertiary/aromatic N) is 1. The molecule has 0 aliphatic rings. The maximum atomic E-state index is 6.63. The van der Waals surface area contributed by atoms with E-state index in [2.05, 4.69) is 0 Å². The van der Waals surface area contributed by atoms with Gasteiger partial charge in [0.05, 0.1) is 19.8 Å². The summed E-state index contributed by atoms with van der Waals surface area (Å²) < 4.78 is 26.9. The SMILES string of the molecule is COCC[N+](Cl)(CCC[Si](OC)(OC)OC)CCOC. The first-order valence-electron chi connectivity index (χ1n) is 6.70. The van der Waals surface area contributed by atoms with Crippen LogP contribution in [-0.2, 0) is 22.8 Å². The van der Waals surface area contributed by atoms with E-state index in [4.69, 9.17) is 34.5 Å². The van der Waals surface area contributed by atoms with Gasteiger partial charge in [0.25, 0.3) is 0 Å². The van der Waals surface area contributed by atoms with Gasteiger partial charge in [0.1, 0.15) is 13.1 Å². The van der Waals surface area contributed by atoms with E-state index in [0.29, 0.717) is 17.2 Å². The lowest BCUT2D eigenvalue weighted by atomic mass is 10.4. The molecule has 0 bridgehead atoms. The normalized spacial score (nSPS) is 12.9. The molecule has 8 heteroatoms. The first kappa shape index (κ1) is 20.3. The van der Waals surface area contributed by atoms with Crippen LogP contribution in [0.25, 0.3) is 0 Å². The quantitative estimate of drug-likeness (QED) is 0.378. The fourth-order valence-corrected chi connectivity index (χ4v) is 3.94. The predicted octanol–water partition coefficient (Wildman–Crippen LogP) is 1.52. The largest absolute Gasteiger partial charge is 0.500 e. The van der Waals surface area contributed by atoms with Crippen LogP contribution in [0.3, 0.4) is 0 Å². The third kappa shape index (κ3) is 7.33. The second-order valence-electron chi connectivity index (χ2n) is 4.58. The highest BCUT2D eigenvalue weighted by Crippen LogP contribution is 2.20. The van der Waals surface area contributed by atoms with Crippen molar-refractivity contribution in [1.82, 2.24) is 0 Å². The molecule has 0 saturated carbocycles. The van der Waals surface area contributed by atoms with Crippen molar-refractivity contribution >= 4 is 20.6 Å². The molecule has 6 nitrogen and oxygen atoms in total. The van der Waals surface area contributed by atoms with Crippen molar-refractivity contribution in [3.63, 3.8) is 0 Å². The molecule has 122 valence electrons. The van der Waals surface area contributed by atoms with Gasteiger partial charge in [-0.2, -0.15) is 0 Å². The van der Waals surface area contributed by atoms with Gasteiger partial charge >= 0.3 is 8.80 Å². The van der Waals surface area contributed by atoms with Crippen molar-refractivity contribution in [1.29, 1.82) is 0 Å². The van der Waals surface area contributed by atoms with Crippen LogP contribution >= 0.6 is 11.8 Å². The maximum absolute atomic E-state index is 6.63. The van der Waals surface area contributed by atoms with E-state index in [0.717, 1.165) is 32.1 Å². The van der Waals surface area contributed by atoms with Crippen molar-refractivity contribution in [3.05, 3.63) is 0 Å². The Morgan fingerprint density at radius 3 is 1.60 bits per heavy atom. The Morgan fingerprint density at radius 2 is 1.25 bits per heavy atom. The Balaban J connectivity index is 4.36. The minimum atomic E-state index is -2.51. The molecule has 0 saturated heterocycles. The van der Waals surface area contributed by atoms with Crippen LogP contribution in [0.15, 0.2) is 0 Å². The van der Waals surface area contributed by atoms with E-state index in [1.807, 2.05) is 0 Å². The molecule has 0 aliphatic heterocycles. The topological polar surface area (TPSA) is 46.2 Å². The van der Waals surface area contributed by atoms with Crippen LogP contribution in [0, 0.1) is 0 Å². The average Bonchev–Trinajstić information content (AvgIpc) is 2.48. The van der Waals surface area contributed by atoms with Crippen LogP contribution in [0.1, 0.15) is 6.42 Å². The smallest absolute Gasteiger partial charge is 0.379 e. The van der Waals surface area contributed by atoms with Gasteiger partial charge in [-0.05, 0) is 0 Å². The van der Waals surface area contributed by atoms with Gasteiger partial charge < -0.3 is 22.8 Å². The molecule has 0 aromatic carbocycles. The van der Waals surface area contributed by atoms with Crippen LogP contribution in [0.2, 0.25) is 6.04 Å². The fourth-order valence-electron chi connectivity index (χ4n) is 1.98. The first-order chi connectivity index (χ1) is 9.51. The Labute approximate surface area is 128 Å². The monoisotopic (exact) mass is 330 g/mol. The number of quaternary nitrogens is 1. The summed E-state index contributed by atoms with van der Waals surface area (Å²) in [6.45, 7) is 3.51.